The van der Waals surface area contributed by atoms with Gasteiger partial charge in [0, 0.05) is 6.54 Å². The van der Waals surface area contributed by atoms with Gasteiger partial charge in [-0.25, -0.2) is 0 Å². The monoisotopic (exact) mass is 251 g/mol. The van der Waals surface area contributed by atoms with Crippen LogP contribution in [0.2, 0.25) is 0 Å². The van der Waals surface area contributed by atoms with Crippen molar-refractivity contribution in [1.29, 1.82) is 0 Å². The van der Waals surface area contributed by atoms with Gasteiger partial charge in [-0.3, -0.25) is 4.90 Å². The van der Waals surface area contributed by atoms with Crippen molar-refractivity contribution in [3.8, 4) is 0 Å². The molecule has 0 radical (unpaired) electrons. The van der Waals surface area contributed by atoms with Gasteiger partial charge in [0.05, 0.1) is 11.6 Å². The van der Waals surface area contributed by atoms with Gasteiger partial charge in [0.2, 0.25) is 5.89 Å². The number of nitrogens with two attached hydrogens (primary N) is 1. The molecule has 6 nitrogen and oxygen atoms in total. The van der Waals surface area contributed by atoms with Gasteiger partial charge in [-0.1, -0.05) is 5.16 Å². The van der Waals surface area contributed by atoms with E-state index in [4.69, 9.17) is 10.3 Å². The fourth-order valence-corrected chi connectivity index (χ4v) is 2.47. The molecule has 1 atom stereocenters. The smallest absolute Gasteiger partial charge is 0.246 e. The van der Waals surface area contributed by atoms with Crippen molar-refractivity contribution in [1.82, 2.24) is 19.9 Å². The third kappa shape index (κ3) is 2.15. The predicted octanol–water partition coefficient (Wildman–Crippen LogP) is 0.326. The molecule has 18 heavy (non-hydrogen) atoms. The molecule has 2 heterocycles. The number of hydrogen-bond acceptors (Lipinski definition) is 6. The molecule has 1 unspecified atom stereocenters. The van der Waals surface area contributed by atoms with Crippen LogP contribution >= 0.6 is 0 Å². The zero-order chi connectivity index (χ0) is 12.8. The minimum Gasteiger partial charge on any atom is -0.337 e. The lowest BCUT2D eigenvalue weighted by Crippen LogP contribution is -2.31. The third-order valence-electron chi connectivity index (χ3n) is 4.02. The lowest BCUT2D eigenvalue weighted by atomic mass is 10.2. The quantitative estimate of drug-likeness (QED) is 0.816. The van der Waals surface area contributed by atoms with Crippen molar-refractivity contribution >= 4 is 0 Å². The summed E-state index contributed by atoms with van der Waals surface area (Å²) in [7, 11) is 4.26. The van der Waals surface area contributed by atoms with Crippen molar-refractivity contribution in [3.05, 3.63) is 11.7 Å². The van der Waals surface area contributed by atoms with E-state index < -0.39 is 0 Å². The van der Waals surface area contributed by atoms with E-state index in [1.54, 1.807) is 0 Å². The number of hydrogen-bond donors (Lipinski definition) is 1. The SMILES string of the molecule is CN1CCCN(C)C(c2noc(C3(N)CC3)n2)C1. The van der Waals surface area contributed by atoms with Gasteiger partial charge < -0.3 is 15.2 Å². The summed E-state index contributed by atoms with van der Waals surface area (Å²) in [5.41, 5.74) is 5.75. The number of nitrogens with zero attached hydrogens (tertiary/aromatic N) is 4. The molecule has 1 aromatic rings. The number of rotatable bonds is 2. The largest absolute Gasteiger partial charge is 0.337 e. The molecule has 3 rings (SSSR count). The maximum atomic E-state index is 6.08. The predicted molar refractivity (Wildman–Crippen MR) is 66.9 cm³/mol. The highest BCUT2D eigenvalue weighted by Gasteiger charge is 2.46. The topological polar surface area (TPSA) is 71.4 Å². The second-order valence-corrected chi connectivity index (χ2v) is 5.73. The van der Waals surface area contributed by atoms with Crippen molar-refractivity contribution in [2.75, 3.05) is 33.7 Å². The zero-order valence-corrected chi connectivity index (χ0v) is 11.1. The number of aromatic nitrogens is 2. The Morgan fingerprint density at radius 1 is 1.33 bits per heavy atom. The summed E-state index contributed by atoms with van der Waals surface area (Å²) < 4.78 is 5.34. The van der Waals surface area contributed by atoms with E-state index in [2.05, 4.69) is 34.0 Å². The second kappa shape index (κ2) is 4.29. The first-order valence-corrected chi connectivity index (χ1v) is 6.60. The van der Waals surface area contributed by atoms with Crippen LogP contribution in [0.1, 0.15) is 37.0 Å². The average Bonchev–Trinajstić information content (AvgIpc) is 2.93. The van der Waals surface area contributed by atoms with Crippen LogP contribution in [0.15, 0.2) is 4.52 Å². The first kappa shape index (κ1) is 12.1. The first-order valence-electron chi connectivity index (χ1n) is 6.60. The highest BCUT2D eigenvalue weighted by atomic mass is 16.5. The van der Waals surface area contributed by atoms with Crippen molar-refractivity contribution < 1.29 is 4.52 Å². The van der Waals surface area contributed by atoms with Crippen LogP contribution < -0.4 is 5.73 Å². The van der Waals surface area contributed by atoms with Gasteiger partial charge in [-0.2, -0.15) is 4.98 Å². The van der Waals surface area contributed by atoms with Crippen LogP contribution in [0.4, 0.5) is 0 Å². The third-order valence-corrected chi connectivity index (χ3v) is 4.02. The van der Waals surface area contributed by atoms with Crippen LogP contribution in [-0.2, 0) is 5.54 Å². The molecule has 6 heteroatoms. The second-order valence-electron chi connectivity index (χ2n) is 5.73. The lowest BCUT2D eigenvalue weighted by Gasteiger charge is -2.24. The Labute approximate surface area is 107 Å². The molecule has 1 aliphatic carbocycles. The highest BCUT2D eigenvalue weighted by molar-refractivity contribution is 5.12. The summed E-state index contributed by atoms with van der Waals surface area (Å²) in [6, 6.07) is 0.206. The van der Waals surface area contributed by atoms with E-state index >= 15 is 0 Å². The Bertz CT molecular complexity index is 428. The van der Waals surface area contributed by atoms with Gasteiger partial charge in [0.15, 0.2) is 5.82 Å². The van der Waals surface area contributed by atoms with Crippen molar-refractivity contribution in [2.24, 2.45) is 5.73 Å². The van der Waals surface area contributed by atoms with Crippen LogP contribution in [0.25, 0.3) is 0 Å². The minimum atomic E-state index is -0.333. The average molecular weight is 251 g/mol. The Kier molecular flexibility index (Phi) is 2.88. The van der Waals surface area contributed by atoms with Gasteiger partial charge in [-0.15, -0.1) is 0 Å². The summed E-state index contributed by atoms with van der Waals surface area (Å²) in [4.78, 5) is 9.14. The zero-order valence-electron chi connectivity index (χ0n) is 11.1. The summed E-state index contributed by atoms with van der Waals surface area (Å²) in [5, 5.41) is 4.14. The molecule has 1 aliphatic heterocycles. The van der Waals surface area contributed by atoms with E-state index in [1.165, 1.54) is 6.42 Å². The molecule has 1 saturated carbocycles. The van der Waals surface area contributed by atoms with Gasteiger partial charge in [0.1, 0.15) is 0 Å². The molecule has 2 fully saturated rings. The normalized spacial score (nSPS) is 29.2. The molecule has 0 amide bonds. The maximum absolute atomic E-state index is 6.08. The Balaban J connectivity index is 1.81. The summed E-state index contributed by atoms with van der Waals surface area (Å²) in [5.74, 6) is 1.38. The molecule has 2 aliphatic rings. The summed E-state index contributed by atoms with van der Waals surface area (Å²) in [6.45, 7) is 3.12. The fraction of sp³-hybridized carbons (Fsp3) is 0.833. The lowest BCUT2D eigenvalue weighted by molar-refractivity contribution is 0.214. The molecule has 2 N–H and O–H groups in total. The Morgan fingerprint density at radius 3 is 2.83 bits per heavy atom. The van der Waals surface area contributed by atoms with E-state index in [0.29, 0.717) is 5.89 Å². The van der Waals surface area contributed by atoms with Crippen LogP contribution in [-0.4, -0.2) is 53.7 Å². The van der Waals surface area contributed by atoms with Gasteiger partial charge >= 0.3 is 0 Å². The van der Waals surface area contributed by atoms with Gasteiger partial charge in [-0.05, 0) is 46.4 Å². The molecular formula is C12H21N5O. The molecule has 100 valence electrons. The van der Waals surface area contributed by atoms with E-state index in [-0.39, 0.29) is 11.6 Å². The van der Waals surface area contributed by atoms with E-state index in [9.17, 15) is 0 Å². The van der Waals surface area contributed by atoms with Crippen LogP contribution in [0, 0.1) is 0 Å². The summed E-state index contributed by atoms with van der Waals surface area (Å²) >= 11 is 0. The molecule has 0 spiro atoms. The minimum absolute atomic E-state index is 0.206. The molecule has 1 saturated heterocycles. The van der Waals surface area contributed by atoms with Crippen molar-refractivity contribution in [2.45, 2.75) is 30.8 Å². The Morgan fingerprint density at radius 2 is 2.11 bits per heavy atom. The highest BCUT2D eigenvalue weighted by Crippen LogP contribution is 2.42. The van der Waals surface area contributed by atoms with E-state index in [1.807, 2.05) is 0 Å². The molecule has 1 aromatic heterocycles. The first-order chi connectivity index (χ1) is 8.58. The fourth-order valence-electron chi connectivity index (χ4n) is 2.47. The molecule has 0 bridgehead atoms. The number of likely N-dealkylation sites (N-methyl/N-ethyl adjacent to an activating group) is 2. The molecular weight excluding hydrogens is 230 g/mol. The Hall–Kier alpha value is -0.980. The van der Waals surface area contributed by atoms with Crippen LogP contribution in [0.3, 0.4) is 0 Å². The van der Waals surface area contributed by atoms with Crippen molar-refractivity contribution in [3.63, 3.8) is 0 Å². The molecule has 0 aromatic carbocycles. The van der Waals surface area contributed by atoms with E-state index in [0.717, 1.165) is 38.3 Å². The van der Waals surface area contributed by atoms with Gasteiger partial charge in [0.25, 0.3) is 0 Å². The maximum Gasteiger partial charge on any atom is 0.246 e. The van der Waals surface area contributed by atoms with Crippen LogP contribution in [0.5, 0.6) is 0 Å². The summed E-state index contributed by atoms with van der Waals surface area (Å²) in [6.07, 6.45) is 3.08. The standard InChI is InChI=1S/C12H21N5O/c1-16-6-3-7-17(2)9(8-16)10-14-11(18-15-10)12(13)4-5-12/h9H,3-8,13H2,1-2H3.